The smallest absolute Gasteiger partial charge is 0.0166 e. The van der Waals surface area contributed by atoms with Gasteiger partial charge in [0.25, 0.3) is 0 Å². The normalized spacial score (nSPS) is 20.8. The Morgan fingerprint density at radius 1 is 1.08 bits per heavy atom. The van der Waals surface area contributed by atoms with E-state index in [-0.39, 0.29) is 20.1 Å². The molecule has 0 bridgehead atoms. The van der Waals surface area contributed by atoms with Crippen LogP contribution in [0.15, 0.2) is 48.1 Å². The molecule has 0 fully saturated rings. The van der Waals surface area contributed by atoms with Crippen LogP contribution in [0.3, 0.4) is 0 Å². The van der Waals surface area contributed by atoms with Crippen LogP contribution in [0.25, 0.3) is 0 Å². The second kappa shape index (κ2) is 4.59. The number of rotatable bonds is 1. The van der Waals surface area contributed by atoms with E-state index in [0.717, 1.165) is 0 Å². The van der Waals surface area contributed by atoms with Gasteiger partial charge in [-0.3, -0.25) is 0 Å². The van der Waals surface area contributed by atoms with Crippen molar-refractivity contribution in [1.29, 1.82) is 0 Å². The molecular formula is C11H12Ir. The number of hydrogen-bond acceptors (Lipinski definition) is 0. The summed E-state index contributed by atoms with van der Waals surface area (Å²) in [6.07, 6.45) is 17.8. The van der Waals surface area contributed by atoms with Gasteiger partial charge in [-0.25, -0.2) is 0 Å². The Bertz CT molecular complexity index is 244. The first-order valence-corrected chi connectivity index (χ1v) is 4.17. The summed E-state index contributed by atoms with van der Waals surface area (Å²) in [5.41, 5.74) is 1.55. The first-order chi connectivity index (χ1) is 5.47. The maximum absolute atomic E-state index is 2.25. The molecular weight excluding hydrogens is 324 g/mol. The van der Waals surface area contributed by atoms with E-state index in [9.17, 15) is 0 Å². The third-order valence-electron chi connectivity index (χ3n) is 2.22. The van der Waals surface area contributed by atoms with Gasteiger partial charge in [0, 0.05) is 26.0 Å². The van der Waals surface area contributed by atoms with Crippen LogP contribution in [-0.2, 0) is 20.1 Å². The SMILES string of the molecule is C1=CCCC(C2C=CC=C2)=C1.[Ir]. The predicted octanol–water partition coefficient (Wildman–Crippen LogP) is 3.00. The first kappa shape index (κ1) is 9.70. The molecule has 65 valence electrons. The zero-order valence-electron chi connectivity index (χ0n) is 6.87. The summed E-state index contributed by atoms with van der Waals surface area (Å²) >= 11 is 0. The summed E-state index contributed by atoms with van der Waals surface area (Å²) in [7, 11) is 0. The van der Waals surface area contributed by atoms with Crippen molar-refractivity contribution >= 4 is 0 Å². The van der Waals surface area contributed by atoms with Gasteiger partial charge in [0.1, 0.15) is 0 Å². The second-order valence-corrected chi connectivity index (χ2v) is 3.00. The van der Waals surface area contributed by atoms with Gasteiger partial charge in [-0.15, -0.1) is 0 Å². The van der Waals surface area contributed by atoms with Crippen molar-refractivity contribution in [1.82, 2.24) is 0 Å². The van der Waals surface area contributed by atoms with Crippen molar-refractivity contribution in [2.45, 2.75) is 12.8 Å². The summed E-state index contributed by atoms with van der Waals surface area (Å²) in [6, 6.07) is 0. The standard InChI is InChI=1S/C11H12.Ir/c1-2-6-10(7-3-1)11-8-4-5-9-11;/h1-2,4-6,8-9,11H,3,7H2;. The fourth-order valence-electron chi connectivity index (χ4n) is 1.58. The molecule has 2 aliphatic carbocycles. The van der Waals surface area contributed by atoms with Crippen LogP contribution in [0.1, 0.15) is 12.8 Å². The van der Waals surface area contributed by atoms with E-state index in [1.807, 2.05) is 0 Å². The largest absolute Gasteiger partial charge is 0.0842 e. The molecule has 0 heterocycles. The molecule has 0 aromatic rings. The fraction of sp³-hybridized carbons (Fsp3) is 0.273. The Balaban J connectivity index is 0.000000720. The molecule has 12 heavy (non-hydrogen) atoms. The maximum Gasteiger partial charge on any atom is 0.0166 e. The molecule has 2 aliphatic rings. The summed E-state index contributed by atoms with van der Waals surface area (Å²) in [5, 5.41) is 0. The molecule has 0 aliphatic heterocycles. The van der Waals surface area contributed by atoms with Crippen LogP contribution < -0.4 is 0 Å². The minimum atomic E-state index is 0. The van der Waals surface area contributed by atoms with Gasteiger partial charge < -0.3 is 0 Å². The van der Waals surface area contributed by atoms with E-state index < -0.39 is 0 Å². The Hall–Kier alpha value is -0.391. The molecule has 0 amide bonds. The summed E-state index contributed by atoms with van der Waals surface area (Å²) < 4.78 is 0. The van der Waals surface area contributed by atoms with E-state index in [1.54, 1.807) is 5.57 Å². The van der Waals surface area contributed by atoms with Gasteiger partial charge in [-0.2, -0.15) is 0 Å². The van der Waals surface area contributed by atoms with Gasteiger partial charge in [-0.05, 0) is 12.8 Å². The van der Waals surface area contributed by atoms with Crippen molar-refractivity contribution in [3.63, 3.8) is 0 Å². The molecule has 0 N–H and O–H groups in total. The fourth-order valence-corrected chi connectivity index (χ4v) is 1.58. The van der Waals surface area contributed by atoms with Gasteiger partial charge >= 0.3 is 0 Å². The van der Waals surface area contributed by atoms with E-state index in [0.29, 0.717) is 5.92 Å². The Labute approximate surface area is 87.1 Å². The van der Waals surface area contributed by atoms with Crippen LogP contribution >= 0.6 is 0 Å². The predicted molar refractivity (Wildman–Crippen MR) is 48.2 cm³/mol. The monoisotopic (exact) mass is 337 g/mol. The molecule has 0 saturated carbocycles. The molecule has 0 unspecified atom stereocenters. The van der Waals surface area contributed by atoms with Gasteiger partial charge in [0.05, 0.1) is 0 Å². The van der Waals surface area contributed by atoms with E-state index in [1.165, 1.54) is 12.8 Å². The van der Waals surface area contributed by atoms with E-state index >= 15 is 0 Å². The van der Waals surface area contributed by atoms with Crippen molar-refractivity contribution in [3.8, 4) is 0 Å². The minimum absolute atomic E-state index is 0. The van der Waals surface area contributed by atoms with Crippen LogP contribution in [0, 0.1) is 5.92 Å². The Morgan fingerprint density at radius 2 is 1.83 bits per heavy atom. The zero-order chi connectivity index (χ0) is 7.52. The molecule has 1 radical (unpaired) electrons. The minimum Gasteiger partial charge on any atom is -0.0842 e. The number of allylic oxidation sites excluding steroid dienone is 8. The van der Waals surface area contributed by atoms with Crippen LogP contribution in [0.4, 0.5) is 0 Å². The maximum atomic E-state index is 2.25. The van der Waals surface area contributed by atoms with Crippen molar-refractivity contribution in [3.05, 3.63) is 48.1 Å². The Morgan fingerprint density at radius 3 is 2.42 bits per heavy atom. The summed E-state index contributed by atoms with van der Waals surface area (Å²) in [5.74, 6) is 0.597. The topological polar surface area (TPSA) is 0 Å². The first-order valence-electron chi connectivity index (χ1n) is 4.17. The second-order valence-electron chi connectivity index (χ2n) is 3.00. The molecule has 1 heteroatoms. The molecule has 0 aromatic carbocycles. The molecule has 0 spiro atoms. The van der Waals surface area contributed by atoms with Crippen molar-refractivity contribution < 1.29 is 20.1 Å². The van der Waals surface area contributed by atoms with Crippen LogP contribution in [-0.4, -0.2) is 0 Å². The average Bonchev–Trinajstić information content (AvgIpc) is 2.58. The van der Waals surface area contributed by atoms with E-state index in [2.05, 4.69) is 42.5 Å². The summed E-state index contributed by atoms with van der Waals surface area (Å²) in [6.45, 7) is 0. The van der Waals surface area contributed by atoms with Gasteiger partial charge in [0.2, 0.25) is 0 Å². The summed E-state index contributed by atoms with van der Waals surface area (Å²) in [4.78, 5) is 0. The quantitative estimate of drug-likeness (QED) is 0.691. The van der Waals surface area contributed by atoms with Crippen LogP contribution in [0.2, 0.25) is 0 Å². The third-order valence-corrected chi connectivity index (χ3v) is 2.22. The molecule has 0 atom stereocenters. The molecule has 2 rings (SSSR count). The molecule has 0 saturated heterocycles. The zero-order valence-corrected chi connectivity index (χ0v) is 9.26. The van der Waals surface area contributed by atoms with Gasteiger partial charge in [0.15, 0.2) is 0 Å². The third kappa shape index (κ3) is 2.06. The van der Waals surface area contributed by atoms with Crippen molar-refractivity contribution in [2.24, 2.45) is 5.92 Å². The molecule has 0 nitrogen and oxygen atoms in total. The number of hydrogen-bond donors (Lipinski definition) is 0. The van der Waals surface area contributed by atoms with Gasteiger partial charge in [-0.1, -0.05) is 48.1 Å². The van der Waals surface area contributed by atoms with Crippen molar-refractivity contribution in [2.75, 3.05) is 0 Å². The average molecular weight is 336 g/mol. The van der Waals surface area contributed by atoms with Crippen LogP contribution in [0.5, 0.6) is 0 Å². The Kier molecular flexibility index (Phi) is 3.71. The molecule has 0 aromatic heterocycles. The van der Waals surface area contributed by atoms with E-state index in [4.69, 9.17) is 0 Å².